The SMILES string of the molecule is CC1CCNC(C(=O)NOC(C)(C)C)C1. The maximum Gasteiger partial charge on any atom is 0.260 e. The summed E-state index contributed by atoms with van der Waals surface area (Å²) in [5.74, 6) is 0.549. The van der Waals surface area contributed by atoms with E-state index >= 15 is 0 Å². The molecule has 1 aliphatic rings. The van der Waals surface area contributed by atoms with Crippen LogP contribution in [0.1, 0.15) is 40.5 Å². The van der Waals surface area contributed by atoms with Crippen LogP contribution in [0.2, 0.25) is 0 Å². The fraction of sp³-hybridized carbons (Fsp3) is 0.909. The molecule has 0 radical (unpaired) electrons. The summed E-state index contributed by atoms with van der Waals surface area (Å²) in [4.78, 5) is 16.9. The van der Waals surface area contributed by atoms with E-state index < -0.39 is 0 Å². The number of amides is 1. The standard InChI is InChI=1S/C11H22N2O2/c1-8-5-6-12-9(7-8)10(14)13-15-11(2,3)4/h8-9,12H,5-7H2,1-4H3,(H,13,14). The molecule has 2 atom stereocenters. The van der Waals surface area contributed by atoms with E-state index in [1.807, 2.05) is 20.8 Å². The van der Waals surface area contributed by atoms with Gasteiger partial charge in [0.25, 0.3) is 5.91 Å². The molecule has 2 unspecified atom stereocenters. The molecule has 0 spiro atoms. The number of hydrogen-bond donors (Lipinski definition) is 2. The van der Waals surface area contributed by atoms with E-state index in [2.05, 4.69) is 17.7 Å². The van der Waals surface area contributed by atoms with Crippen LogP contribution in [0.3, 0.4) is 0 Å². The number of rotatable bonds is 2. The van der Waals surface area contributed by atoms with Crippen molar-refractivity contribution in [1.82, 2.24) is 10.8 Å². The van der Waals surface area contributed by atoms with Crippen molar-refractivity contribution in [2.45, 2.75) is 52.2 Å². The van der Waals surface area contributed by atoms with Crippen molar-refractivity contribution in [3.05, 3.63) is 0 Å². The number of hydrogen-bond acceptors (Lipinski definition) is 3. The van der Waals surface area contributed by atoms with Gasteiger partial charge in [-0.15, -0.1) is 0 Å². The van der Waals surface area contributed by atoms with Gasteiger partial charge in [0.05, 0.1) is 11.6 Å². The lowest BCUT2D eigenvalue weighted by Gasteiger charge is -2.28. The molecule has 0 saturated carbocycles. The van der Waals surface area contributed by atoms with Gasteiger partial charge in [-0.25, -0.2) is 5.48 Å². The molecule has 1 saturated heterocycles. The van der Waals surface area contributed by atoms with Gasteiger partial charge in [-0.1, -0.05) is 6.92 Å². The fourth-order valence-corrected chi connectivity index (χ4v) is 1.58. The van der Waals surface area contributed by atoms with E-state index in [-0.39, 0.29) is 17.6 Å². The van der Waals surface area contributed by atoms with Crippen molar-refractivity contribution in [2.75, 3.05) is 6.54 Å². The van der Waals surface area contributed by atoms with E-state index in [1.54, 1.807) is 0 Å². The monoisotopic (exact) mass is 214 g/mol. The van der Waals surface area contributed by atoms with Crippen molar-refractivity contribution in [3.63, 3.8) is 0 Å². The van der Waals surface area contributed by atoms with Gasteiger partial charge in [0.1, 0.15) is 0 Å². The second-order valence-electron chi connectivity index (χ2n) is 5.32. The van der Waals surface area contributed by atoms with Crippen LogP contribution in [0.15, 0.2) is 0 Å². The van der Waals surface area contributed by atoms with E-state index in [9.17, 15) is 4.79 Å². The first-order valence-electron chi connectivity index (χ1n) is 5.60. The van der Waals surface area contributed by atoms with Crippen molar-refractivity contribution < 1.29 is 9.63 Å². The van der Waals surface area contributed by atoms with E-state index in [1.165, 1.54) is 0 Å². The molecule has 1 rings (SSSR count). The van der Waals surface area contributed by atoms with Crippen LogP contribution in [0.25, 0.3) is 0 Å². The fourth-order valence-electron chi connectivity index (χ4n) is 1.58. The van der Waals surface area contributed by atoms with Crippen LogP contribution in [0, 0.1) is 5.92 Å². The zero-order valence-electron chi connectivity index (χ0n) is 10.1. The van der Waals surface area contributed by atoms with Crippen molar-refractivity contribution >= 4 is 5.91 Å². The normalized spacial score (nSPS) is 27.5. The summed E-state index contributed by atoms with van der Waals surface area (Å²) in [5.41, 5.74) is 2.17. The lowest BCUT2D eigenvalue weighted by Crippen LogP contribution is -2.49. The summed E-state index contributed by atoms with van der Waals surface area (Å²) >= 11 is 0. The Hall–Kier alpha value is -0.610. The Kier molecular flexibility index (Phi) is 4.11. The summed E-state index contributed by atoms with van der Waals surface area (Å²) in [6.07, 6.45) is 2.03. The van der Waals surface area contributed by atoms with Crippen molar-refractivity contribution in [2.24, 2.45) is 5.92 Å². The summed E-state index contributed by atoms with van der Waals surface area (Å²) in [6, 6.07) is -0.101. The average Bonchev–Trinajstić information content (AvgIpc) is 2.13. The van der Waals surface area contributed by atoms with Crippen LogP contribution in [-0.2, 0) is 9.63 Å². The van der Waals surface area contributed by atoms with Gasteiger partial charge in [-0.3, -0.25) is 9.63 Å². The summed E-state index contributed by atoms with van der Waals surface area (Å²) in [6.45, 7) is 8.80. The smallest absolute Gasteiger partial charge is 0.260 e. The Labute approximate surface area is 91.7 Å². The third-order valence-electron chi connectivity index (χ3n) is 2.44. The first-order valence-corrected chi connectivity index (χ1v) is 5.60. The minimum absolute atomic E-state index is 0.0588. The van der Waals surface area contributed by atoms with Crippen molar-refractivity contribution in [1.29, 1.82) is 0 Å². The zero-order chi connectivity index (χ0) is 11.5. The molecule has 1 aliphatic heterocycles. The van der Waals surface area contributed by atoms with Gasteiger partial charge in [-0.2, -0.15) is 0 Å². The molecule has 1 amide bonds. The maximum absolute atomic E-state index is 11.7. The maximum atomic E-state index is 11.7. The first kappa shape index (κ1) is 12.5. The molecular formula is C11H22N2O2. The molecule has 0 aliphatic carbocycles. The average molecular weight is 214 g/mol. The minimum Gasteiger partial charge on any atom is -0.306 e. The molecule has 15 heavy (non-hydrogen) atoms. The Morgan fingerprint density at radius 1 is 1.47 bits per heavy atom. The highest BCUT2D eigenvalue weighted by atomic mass is 16.7. The Morgan fingerprint density at radius 2 is 2.13 bits per heavy atom. The van der Waals surface area contributed by atoms with Crippen LogP contribution < -0.4 is 10.8 Å². The number of carbonyl (C=O) groups excluding carboxylic acids is 1. The highest BCUT2D eigenvalue weighted by Gasteiger charge is 2.25. The van der Waals surface area contributed by atoms with E-state index in [0.29, 0.717) is 5.92 Å². The molecule has 1 fully saturated rings. The van der Waals surface area contributed by atoms with Gasteiger partial charge >= 0.3 is 0 Å². The highest BCUT2D eigenvalue weighted by Crippen LogP contribution is 2.15. The lowest BCUT2D eigenvalue weighted by molar-refractivity contribution is -0.148. The van der Waals surface area contributed by atoms with Gasteiger partial charge in [-0.05, 0) is 46.1 Å². The summed E-state index contributed by atoms with van der Waals surface area (Å²) in [7, 11) is 0. The summed E-state index contributed by atoms with van der Waals surface area (Å²) in [5, 5.41) is 3.19. The molecule has 4 nitrogen and oxygen atoms in total. The van der Waals surface area contributed by atoms with E-state index in [4.69, 9.17) is 4.84 Å². The molecule has 0 bridgehead atoms. The predicted molar refractivity (Wildman–Crippen MR) is 59.2 cm³/mol. The minimum atomic E-state index is -0.337. The number of nitrogens with one attached hydrogen (secondary N) is 2. The zero-order valence-corrected chi connectivity index (χ0v) is 10.1. The van der Waals surface area contributed by atoms with Crippen molar-refractivity contribution in [3.8, 4) is 0 Å². The van der Waals surface area contributed by atoms with Gasteiger partial charge in [0, 0.05) is 0 Å². The van der Waals surface area contributed by atoms with Crippen LogP contribution in [0.4, 0.5) is 0 Å². The van der Waals surface area contributed by atoms with Crippen LogP contribution in [0.5, 0.6) is 0 Å². The first-order chi connectivity index (χ1) is 6.88. The van der Waals surface area contributed by atoms with Gasteiger partial charge in [0.2, 0.25) is 0 Å². The lowest BCUT2D eigenvalue weighted by atomic mass is 9.94. The number of piperidine rings is 1. The third kappa shape index (κ3) is 4.62. The van der Waals surface area contributed by atoms with Gasteiger partial charge in [0.15, 0.2) is 0 Å². The Balaban J connectivity index is 2.33. The quantitative estimate of drug-likeness (QED) is 0.680. The number of carbonyl (C=O) groups is 1. The molecule has 0 aromatic heterocycles. The summed E-state index contributed by atoms with van der Waals surface area (Å²) < 4.78 is 0. The molecule has 4 heteroatoms. The predicted octanol–water partition coefficient (Wildman–Crippen LogP) is 1.22. The van der Waals surface area contributed by atoms with Crippen LogP contribution >= 0.6 is 0 Å². The van der Waals surface area contributed by atoms with Gasteiger partial charge < -0.3 is 5.32 Å². The number of hydroxylamine groups is 1. The molecular weight excluding hydrogens is 192 g/mol. The topological polar surface area (TPSA) is 50.4 Å². The second kappa shape index (κ2) is 4.94. The molecule has 0 aromatic rings. The second-order valence-corrected chi connectivity index (χ2v) is 5.32. The molecule has 0 aromatic carbocycles. The van der Waals surface area contributed by atoms with Crippen LogP contribution in [-0.4, -0.2) is 24.1 Å². The molecule has 1 heterocycles. The highest BCUT2D eigenvalue weighted by molar-refractivity contribution is 5.80. The Morgan fingerprint density at radius 3 is 2.67 bits per heavy atom. The largest absolute Gasteiger partial charge is 0.306 e. The molecule has 88 valence electrons. The third-order valence-corrected chi connectivity index (χ3v) is 2.44. The Bertz CT molecular complexity index is 223. The molecule has 2 N–H and O–H groups in total. The van der Waals surface area contributed by atoms with E-state index in [0.717, 1.165) is 19.4 Å².